The van der Waals surface area contributed by atoms with Crippen molar-refractivity contribution < 1.29 is 14.6 Å². The zero-order valence-electron chi connectivity index (χ0n) is 7.33. The van der Waals surface area contributed by atoms with E-state index in [2.05, 4.69) is 0 Å². The number of carbonyl (C=O) groups is 1. The van der Waals surface area contributed by atoms with Crippen LogP contribution in [-0.2, 0) is 9.53 Å². The molecule has 0 fully saturated rings. The smallest absolute Gasteiger partial charge is 0.302 e. The van der Waals surface area contributed by atoms with Gasteiger partial charge >= 0.3 is 5.97 Å². The van der Waals surface area contributed by atoms with Crippen molar-refractivity contribution in [3.05, 3.63) is 0 Å². The quantitative estimate of drug-likeness (QED) is 0.626. The largest absolute Gasteiger partial charge is 0.463 e. The van der Waals surface area contributed by atoms with Gasteiger partial charge in [-0.2, -0.15) is 0 Å². The van der Waals surface area contributed by atoms with E-state index in [4.69, 9.17) is 9.84 Å². The van der Waals surface area contributed by atoms with Crippen LogP contribution in [0.4, 0.5) is 0 Å². The predicted octanol–water partition coefficient (Wildman–Crippen LogP) is 1.10. The van der Waals surface area contributed by atoms with Crippen LogP contribution in [0.3, 0.4) is 0 Å². The summed E-state index contributed by atoms with van der Waals surface area (Å²) in [6, 6.07) is 0. The molecule has 66 valence electrons. The second-order valence-electron chi connectivity index (χ2n) is 2.72. The van der Waals surface area contributed by atoms with Crippen molar-refractivity contribution in [1.29, 1.82) is 0 Å². The van der Waals surface area contributed by atoms with Gasteiger partial charge in [0.1, 0.15) is 6.10 Å². The Morgan fingerprint density at radius 3 is 2.55 bits per heavy atom. The van der Waals surface area contributed by atoms with Crippen LogP contribution < -0.4 is 0 Å². The van der Waals surface area contributed by atoms with Gasteiger partial charge in [0, 0.05) is 13.3 Å². The van der Waals surface area contributed by atoms with Crippen molar-refractivity contribution in [2.24, 2.45) is 0 Å². The SMILES string of the molecule is CC[C@@H](O)C[C@@H](C)OC(C)=O. The first-order valence-corrected chi connectivity index (χ1v) is 3.91. The Bertz CT molecular complexity index is 123. The normalized spacial score (nSPS) is 15.6. The fourth-order valence-corrected chi connectivity index (χ4v) is 0.881. The number of esters is 1. The summed E-state index contributed by atoms with van der Waals surface area (Å²) in [7, 11) is 0. The third-order valence-corrected chi connectivity index (χ3v) is 1.44. The van der Waals surface area contributed by atoms with E-state index >= 15 is 0 Å². The summed E-state index contributed by atoms with van der Waals surface area (Å²) in [4.78, 5) is 10.4. The Morgan fingerprint density at radius 2 is 2.18 bits per heavy atom. The van der Waals surface area contributed by atoms with Crippen molar-refractivity contribution in [3.63, 3.8) is 0 Å². The number of hydrogen-bond donors (Lipinski definition) is 1. The van der Waals surface area contributed by atoms with Gasteiger partial charge in [-0.3, -0.25) is 4.79 Å². The molecular weight excluding hydrogens is 144 g/mol. The topological polar surface area (TPSA) is 46.5 Å². The standard InChI is InChI=1S/C8H16O3/c1-4-8(10)5-6(2)11-7(3)9/h6,8,10H,4-5H2,1-3H3/t6-,8-/m1/s1. The van der Waals surface area contributed by atoms with E-state index in [9.17, 15) is 4.79 Å². The molecule has 0 saturated heterocycles. The molecule has 0 unspecified atom stereocenters. The van der Waals surface area contributed by atoms with Gasteiger partial charge in [-0.05, 0) is 13.3 Å². The minimum atomic E-state index is -0.357. The third-order valence-electron chi connectivity index (χ3n) is 1.44. The summed E-state index contributed by atoms with van der Waals surface area (Å²) in [6.07, 6.45) is 0.689. The molecule has 1 N–H and O–H groups in total. The van der Waals surface area contributed by atoms with Crippen molar-refractivity contribution in [3.8, 4) is 0 Å². The van der Waals surface area contributed by atoms with E-state index in [1.165, 1.54) is 6.92 Å². The van der Waals surface area contributed by atoms with Gasteiger partial charge in [-0.1, -0.05) is 6.92 Å². The van der Waals surface area contributed by atoms with Gasteiger partial charge in [0.25, 0.3) is 0 Å². The lowest BCUT2D eigenvalue weighted by Crippen LogP contribution is -2.19. The van der Waals surface area contributed by atoms with Gasteiger partial charge in [0.2, 0.25) is 0 Å². The molecule has 0 aromatic carbocycles. The van der Waals surface area contributed by atoms with Crippen LogP contribution in [0.1, 0.15) is 33.6 Å². The highest BCUT2D eigenvalue weighted by atomic mass is 16.5. The number of rotatable bonds is 4. The van der Waals surface area contributed by atoms with Crippen molar-refractivity contribution >= 4 is 5.97 Å². The van der Waals surface area contributed by atoms with E-state index in [-0.39, 0.29) is 18.2 Å². The number of hydrogen-bond acceptors (Lipinski definition) is 3. The van der Waals surface area contributed by atoms with Gasteiger partial charge in [0.05, 0.1) is 6.10 Å². The molecule has 0 aromatic heterocycles. The van der Waals surface area contributed by atoms with E-state index in [0.717, 1.165) is 0 Å². The molecule has 0 spiro atoms. The molecule has 3 nitrogen and oxygen atoms in total. The molecule has 2 atom stereocenters. The highest BCUT2D eigenvalue weighted by Crippen LogP contribution is 2.04. The summed E-state index contributed by atoms with van der Waals surface area (Å²) >= 11 is 0. The molecule has 0 bridgehead atoms. The molecule has 0 rings (SSSR count). The number of ether oxygens (including phenoxy) is 1. The zero-order valence-corrected chi connectivity index (χ0v) is 7.33. The number of aliphatic hydroxyl groups excluding tert-OH is 1. The van der Waals surface area contributed by atoms with Crippen LogP contribution in [0.25, 0.3) is 0 Å². The van der Waals surface area contributed by atoms with Crippen molar-refractivity contribution in [2.45, 2.75) is 45.8 Å². The first kappa shape index (κ1) is 10.4. The van der Waals surface area contributed by atoms with E-state index in [0.29, 0.717) is 12.8 Å². The average molecular weight is 160 g/mol. The summed E-state index contributed by atoms with van der Waals surface area (Å²) < 4.78 is 4.82. The van der Waals surface area contributed by atoms with E-state index in [1.807, 2.05) is 6.92 Å². The Morgan fingerprint density at radius 1 is 1.64 bits per heavy atom. The summed E-state index contributed by atoms with van der Waals surface area (Å²) in [5.74, 6) is -0.291. The Hall–Kier alpha value is -0.570. The molecule has 0 radical (unpaired) electrons. The fourth-order valence-electron chi connectivity index (χ4n) is 0.881. The second-order valence-corrected chi connectivity index (χ2v) is 2.72. The van der Waals surface area contributed by atoms with Gasteiger partial charge in [0.15, 0.2) is 0 Å². The summed E-state index contributed by atoms with van der Waals surface area (Å²) in [6.45, 7) is 5.04. The molecule has 0 aliphatic carbocycles. The fraction of sp³-hybridized carbons (Fsp3) is 0.875. The third kappa shape index (κ3) is 5.85. The highest BCUT2D eigenvalue weighted by molar-refractivity contribution is 5.66. The Balaban J connectivity index is 3.51. The van der Waals surface area contributed by atoms with Crippen LogP contribution in [0, 0.1) is 0 Å². The Labute approximate surface area is 67.4 Å². The minimum Gasteiger partial charge on any atom is -0.463 e. The number of carbonyl (C=O) groups excluding carboxylic acids is 1. The van der Waals surface area contributed by atoms with Gasteiger partial charge in [-0.25, -0.2) is 0 Å². The molecule has 0 aliphatic heterocycles. The highest BCUT2D eigenvalue weighted by Gasteiger charge is 2.10. The minimum absolute atomic E-state index is 0.178. The zero-order chi connectivity index (χ0) is 8.85. The lowest BCUT2D eigenvalue weighted by atomic mass is 10.1. The molecule has 0 aliphatic rings. The van der Waals surface area contributed by atoms with Crippen LogP contribution in [-0.4, -0.2) is 23.3 Å². The molecule has 0 amide bonds. The lowest BCUT2D eigenvalue weighted by Gasteiger charge is -2.14. The van der Waals surface area contributed by atoms with E-state index in [1.54, 1.807) is 6.92 Å². The summed E-state index contributed by atoms with van der Waals surface area (Å²) in [5.41, 5.74) is 0. The van der Waals surface area contributed by atoms with Crippen LogP contribution in [0.15, 0.2) is 0 Å². The maximum Gasteiger partial charge on any atom is 0.302 e. The second kappa shape index (κ2) is 5.13. The first-order chi connectivity index (χ1) is 5.06. The van der Waals surface area contributed by atoms with Gasteiger partial charge < -0.3 is 9.84 Å². The average Bonchev–Trinajstić information content (AvgIpc) is 1.85. The van der Waals surface area contributed by atoms with Crippen LogP contribution in [0.5, 0.6) is 0 Å². The monoisotopic (exact) mass is 160 g/mol. The first-order valence-electron chi connectivity index (χ1n) is 3.91. The van der Waals surface area contributed by atoms with E-state index < -0.39 is 0 Å². The summed E-state index contributed by atoms with van der Waals surface area (Å²) in [5, 5.41) is 9.15. The molecule has 0 aromatic rings. The maximum absolute atomic E-state index is 10.4. The maximum atomic E-state index is 10.4. The molecule has 0 saturated carbocycles. The molecule has 0 heterocycles. The van der Waals surface area contributed by atoms with Crippen molar-refractivity contribution in [1.82, 2.24) is 0 Å². The Kier molecular flexibility index (Phi) is 4.86. The van der Waals surface area contributed by atoms with Crippen molar-refractivity contribution in [2.75, 3.05) is 0 Å². The van der Waals surface area contributed by atoms with Crippen LogP contribution in [0.2, 0.25) is 0 Å². The molecular formula is C8H16O3. The molecule has 11 heavy (non-hydrogen) atoms. The number of aliphatic hydroxyl groups is 1. The predicted molar refractivity (Wildman–Crippen MR) is 42.1 cm³/mol. The van der Waals surface area contributed by atoms with Gasteiger partial charge in [-0.15, -0.1) is 0 Å². The molecule has 3 heteroatoms. The lowest BCUT2D eigenvalue weighted by molar-refractivity contribution is -0.146. The van der Waals surface area contributed by atoms with Crippen LogP contribution >= 0.6 is 0 Å².